The zero-order valence-electron chi connectivity index (χ0n) is 9.41. The van der Waals surface area contributed by atoms with E-state index < -0.39 is 0 Å². The van der Waals surface area contributed by atoms with Gasteiger partial charge in [-0.3, -0.25) is 4.79 Å². The van der Waals surface area contributed by atoms with Crippen LogP contribution in [0.5, 0.6) is 0 Å². The van der Waals surface area contributed by atoms with Crippen molar-refractivity contribution in [3.63, 3.8) is 0 Å². The van der Waals surface area contributed by atoms with Crippen LogP contribution < -0.4 is 5.32 Å². The van der Waals surface area contributed by atoms with Crippen LogP contribution in [0.4, 0.5) is 5.69 Å². The molecule has 0 aromatic carbocycles. The van der Waals surface area contributed by atoms with Crippen molar-refractivity contribution in [3.05, 3.63) is 38.5 Å². The number of hydrogen-bond donors (Lipinski definition) is 1. The molecule has 2 aromatic rings. The molecule has 0 bridgehead atoms. The predicted molar refractivity (Wildman–Crippen MR) is 73.7 cm³/mol. The molecule has 2 heterocycles. The summed E-state index contributed by atoms with van der Waals surface area (Å²) in [6.45, 7) is 1.99. The van der Waals surface area contributed by atoms with Crippen LogP contribution in [0, 0.1) is 0 Å². The number of amides is 1. The van der Waals surface area contributed by atoms with Gasteiger partial charge in [-0.25, -0.2) is 9.97 Å². The fourth-order valence-electron chi connectivity index (χ4n) is 1.43. The van der Waals surface area contributed by atoms with E-state index in [0.717, 1.165) is 12.0 Å². The number of thiophene rings is 1. The number of nitrogens with zero attached hydrogens (tertiary/aromatic N) is 2. The van der Waals surface area contributed by atoms with Crippen molar-refractivity contribution < 1.29 is 4.79 Å². The van der Waals surface area contributed by atoms with E-state index in [1.807, 2.05) is 18.4 Å². The van der Waals surface area contributed by atoms with Crippen molar-refractivity contribution in [1.29, 1.82) is 0 Å². The van der Waals surface area contributed by atoms with Gasteiger partial charge in [-0.15, -0.1) is 11.3 Å². The van der Waals surface area contributed by atoms with E-state index in [0.29, 0.717) is 4.88 Å². The molecule has 0 unspecified atom stereocenters. The van der Waals surface area contributed by atoms with E-state index in [1.54, 1.807) is 0 Å². The molecule has 0 aliphatic rings. The van der Waals surface area contributed by atoms with Gasteiger partial charge in [-0.1, -0.05) is 30.1 Å². The molecule has 7 heteroatoms. The highest BCUT2D eigenvalue weighted by Gasteiger charge is 2.16. The number of nitrogens with one attached hydrogen (secondary N) is 1. The SMILES string of the molecule is CCc1ccsc1C(=O)Nc1c(Cl)ncnc1Cl. The molecule has 0 radical (unpaired) electrons. The zero-order chi connectivity index (χ0) is 13.1. The molecule has 0 saturated heterocycles. The van der Waals surface area contributed by atoms with Crippen molar-refractivity contribution in [2.45, 2.75) is 13.3 Å². The lowest BCUT2D eigenvalue weighted by Crippen LogP contribution is -2.13. The molecule has 2 aromatic heterocycles. The third-order valence-corrected chi connectivity index (χ3v) is 3.86. The summed E-state index contributed by atoms with van der Waals surface area (Å²) in [4.78, 5) is 20.3. The van der Waals surface area contributed by atoms with Gasteiger partial charge in [0.2, 0.25) is 0 Å². The van der Waals surface area contributed by atoms with Gasteiger partial charge in [0.1, 0.15) is 12.0 Å². The molecule has 0 spiro atoms. The number of carbonyl (C=O) groups is 1. The number of carbonyl (C=O) groups excluding carboxylic acids is 1. The van der Waals surface area contributed by atoms with Gasteiger partial charge in [0.15, 0.2) is 10.3 Å². The largest absolute Gasteiger partial charge is 0.316 e. The van der Waals surface area contributed by atoms with E-state index in [2.05, 4.69) is 15.3 Å². The Morgan fingerprint density at radius 3 is 2.67 bits per heavy atom. The Labute approximate surface area is 118 Å². The Hall–Kier alpha value is -1.17. The normalized spacial score (nSPS) is 10.4. The number of aromatic nitrogens is 2. The first kappa shape index (κ1) is 13.3. The molecule has 0 saturated carbocycles. The number of hydrogen-bond acceptors (Lipinski definition) is 4. The maximum absolute atomic E-state index is 12.1. The van der Waals surface area contributed by atoms with Gasteiger partial charge in [0.25, 0.3) is 5.91 Å². The minimum Gasteiger partial charge on any atom is -0.316 e. The van der Waals surface area contributed by atoms with Crippen molar-refractivity contribution in [2.24, 2.45) is 0 Å². The predicted octanol–water partition coefficient (Wildman–Crippen LogP) is 3.66. The van der Waals surface area contributed by atoms with Gasteiger partial charge in [-0.05, 0) is 23.4 Å². The number of rotatable bonds is 3. The van der Waals surface area contributed by atoms with Gasteiger partial charge in [0, 0.05) is 0 Å². The Bertz CT molecular complexity index is 565. The summed E-state index contributed by atoms with van der Waals surface area (Å²) >= 11 is 13.1. The second kappa shape index (κ2) is 5.65. The van der Waals surface area contributed by atoms with Crippen molar-refractivity contribution in [3.8, 4) is 0 Å². The van der Waals surface area contributed by atoms with Crippen LogP contribution in [-0.2, 0) is 6.42 Å². The van der Waals surface area contributed by atoms with Crippen LogP contribution >= 0.6 is 34.5 Å². The summed E-state index contributed by atoms with van der Waals surface area (Å²) in [5.41, 5.74) is 1.22. The van der Waals surface area contributed by atoms with E-state index in [4.69, 9.17) is 23.2 Å². The van der Waals surface area contributed by atoms with Crippen molar-refractivity contribution in [1.82, 2.24) is 9.97 Å². The quantitative estimate of drug-likeness (QED) is 0.880. The van der Waals surface area contributed by atoms with E-state index in [-0.39, 0.29) is 21.9 Å². The molecule has 1 N–H and O–H groups in total. The summed E-state index contributed by atoms with van der Waals surface area (Å²) in [7, 11) is 0. The second-order valence-electron chi connectivity index (χ2n) is 3.41. The lowest BCUT2D eigenvalue weighted by molar-refractivity contribution is 0.102. The number of halogens is 2. The van der Waals surface area contributed by atoms with E-state index >= 15 is 0 Å². The van der Waals surface area contributed by atoms with Gasteiger partial charge >= 0.3 is 0 Å². The zero-order valence-corrected chi connectivity index (χ0v) is 11.7. The lowest BCUT2D eigenvalue weighted by atomic mass is 10.2. The van der Waals surface area contributed by atoms with Crippen LogP contribution in [0.15, 0.2) is 17.8 Å². The fraction of sp³-hybridized carbons (Fsp3) is 0.182. The third-order valence-electron chi connectivity index (χ3n) is 2.33. The molecule has 0 aliphatic carbocycles. The highest BCUT2D eigenvalue weighted by atomic mass is 35.5. The molecular weight excluding hydrogens is 293 g/mol. The first-order valence-electron chi connectivity index (χ1n) is 5.17. The summed E-state index contributed by atoms with van der Waals surface area (Å²) in [5, 5.41) is 4.76. The Morgan fingerprint density at radius 2 is 2.06 bits per heavy atom. The second-order valence-corrected chi connectivity index (χ2v) is 5.05. The lowest BCUT2D eigenvalue weighted by Gasteiger charge is -2.07. The standard InChI is InChI=1S/C11H9Cl2N3OS/c1-2-6-3-4-18-8(6)11(17)16-7-9(12)14-5-15-10(7)13/h3-5H,2H2,1H3,(H,16,17). The summed E-state index contributed by atoms with van der Waals surface area (Å²) in [6.07, 6.45) is 2.03. The topological polar surface area (TPSA) is 54.9 Å². The highest BCUT2D eigenvalue weighted by molar-refractivity contribution is 7.12. The molecule has 4 nitrogen and oxygen atoms in total. The monoisotopic (exact) mass is 301 g/mol. The average Bonchev–Trinajstić information content (AvgIpc) is 2.82. The average molecular weight is 302 g/mol. The highest BCUT2D eigenvalue weighted by Crippen LogP contribution is 2.27. The van der Waals surface area contributed by atoms with Crippen LogP contribution in [-0.4, -0.2) is 15.9 Å². The van der Waals surface area contributed by atoms with Gasteiger partial charge < -0.3 is 5.32 Å². The van der Waals surface area contributed by atoms with Crippen LogP contribution in [0.3, 0.4) is 0 Å². The first-order valence-corrected chi connectivity index (χ1v) is 6.80. The first-order chi connectivity index (χ1) is 8.63. The third kappa shape index (κ3) is 2.63. The maximum atomic E-state index is 12.1. The number of anilines is 1. The summed E-state index contributed by atoms with van der Waals surface area (Å²) in [6, 6.07) is 1.92. The molecule has 2 rings (SSSR count). The smallest absolute Gasteiger partial charge is 0.266 e. The van der Waals surface area contributed by atoms with Crippen LogP contribution in [0.1, 0.15) is 22.2 Å². The van der Waals surface area contributed by atoms with Gasteiger partial charge in [0.05, 0.1) is 4.88 Å². The van der Waals surface area contributed by atoms with Crippen LogP contribution in [0.25, 0.3) is 0 Å². The molecule has 0 fully saturated rings. The maximum Gasteiger partial charge on any atom is 0.266 e. The summed E-state index contributed by atoms with van der Waals surface area (Å²) in [5.74, 6) is -0.250. The molecule has 94 valence electrons. The molecule has 18 heavy (non-hydrogen) atoms. The van der Waals surface area contributed by atoms with Gasteiger partial charge in [-0.2, -0.15) is 0 Å². The van der Waals surface area contributed by atoms with Crippen molar-refractivity contribution in [2.75, 3.05) is 5.32 Å². The Kier molecular flexibility index (Phi) is 4.16. The van der Waals surface area contributed by atoms with Crippen molar-refractivity contribution >= 4 is 46.1 Å². The molecular formula is C11H9Cl2N3OS. The minimum absolute atomic E-state index is 0.123. The molecule has 0 atom stereocenters. The molecule has 0 aliphatic heterocycles. The van der Waals surface area contributed by atoms with Crippen LogP contribution in [0.2, 0.25) is 10.3 Å². The van der Waals surface area contributed by atoms with E-state index in [9.17, 15) is 4.79 Å². The summed E-state index contributed by atoms with van der Waals surface area (Å²) < 4.78 is 0. The Balaban J connectivity index is 2.27. The fourth-order valence-corrected chi connectivity index (χ4v) is 2.73. The van der Waals surface area contributed by atoms with E-state index in [1.165, 1.54) is 17.7 Å². The Morgan fingerprint density at radius 1 is 1.39 bits per heavy atom. The minimum atomic E-state index is -0.250. The number of aryl methyl sites for hydroxylation is 1. The molecule has 1 amide bonds.